The first kappa shape index (κ1) is 15.5. The third-order valence-corrected chi connectivity index (χ3v) is 3.36. The summed E-state index contributed by atoms with van der Waals surface area (Å²) >= 11 is 0. The van der Waals surface area contributed by atoms with E-state index in [0.29, 0.717) is 24.8 Å². The second-order valence-corrected chi connectivity index (χ2v) is 4.90. The van der Waals surface area contributed by atoms with E-state index in [0.717, 1.165) is 10.9 Å². The van der Waals surface area contributed by atoms with Crippen LogP contribution in [-0.2, 0) is 4.79 Å². The van der Waals surface area contributed by atoms with Gasteiger partial charge in [0, 0.05) is 18.0 Å². The number of fused-ring (bicyclic) bond motifs is 1. The number of hydrogen-bond acceptors (Lipinski definition) is 3. The number of carbonyl (C=O) groups is 2. The second kappa shape index (κ2) is 7.23. The topological polar surface area (TPSA) is 85.1 Å². The van der Waals surface area contributed by atoms with Crippen molar-refractivity contribution in [2.45, 2.75) is 25.3 Å². The van der Waals surface area contributed by atoms with Crippen molar-refractivity contribution in [2.75, 3.05) is 0 Å². The molecule has 0 saturated heterocycles. The van der Waals surface area contributed by atoms with Crippen LogP contribution in [0, 0.1) is 12.3 Å². The lowest BCUT2D eigenvalue weighted by molar-refractivity contribution is -0.120. The molecule has 0 radical (unpaired) electrons. The number of para-hydroxylation sites is 1. The normalized spacial score (nSPS) is 11.6. The lowest BCUT2D eigenvalue weighted by Crippen LogP contribution is -2.44. The number of hydrogen-bond donors (Lipinski definition) is 2. The number of unbranched alkanes of at least 4 members (excludes halogenated alkanes) is 1. The van der Waals surface area contributed by atoms with Crippen LogP contribution in [0.3, 0.4) is 0 Å². The van der Waals surface area contributed by atoms with Crippen LogP contribution in [0.2, 0.25) is 0 Å². The Labute approximate surface area is 128 Å². The minimum absolute atomic E-state index is 0.344. The molecule has 2 aromatic rings. The van der Waals surface area contributed by atoms with Gasteiger partial charge in [-0.2, -0.15) is 0 Å². The Kier molecular flexibility index (Phi) is 5.10. The molecule has 2 rings (SSSR count). The van der Waals surface area contributed by atoms with Gasteiger partial charge in [0.2, 0.25) is 5.91 Å². The number of carbonyl (C=O) groups excluding carboxylic acids is 2. The molecule has 1 heterocycles. The summed E-state index contributed by atoms with van der Waals surface area (Å²) < 4.78 is 0. The minimum atomic E-state index is -0.729. The predicted molar refractivity (Wildman–Crippen MR) is 84.9 cm³/mol. The van der Waals surface area contributed by atoms with Gasteiger partial charge < -0.3 is 11.1 Å². The summed E-state index contributed by atoms with van der Waals surface area (Å²) in [5.41, 5.74) is 6.53. The Morgan fingerprint density at radius 1 is 1.32 bits per heavy atom. The van der Waals surface area contributed by atoms with Crippen LogP contribution in [0.4, 0.5) is 0 Å². The largest absolute Gasteiger partial charge is 0.368 e. The third-order valence-electron chi connectivity index (χ3n) is 3.36. The van der Waals surface area contributed by atoms with Crippen LogP contribution in [-0.4, -0.2) is 22.8 Å². The number of benzene rings is 1. The first-order chi connectivity index (χ1) is 10.6. The van der Waals surface area contributed by atoms with Crippen LogP contribution < -0.4 is 11.1 Å². The number of nitrogens with one attached hydrogen (secondary N) is 1. The van der Waals surface area contributed by atoms with E-state index in [1.54, 1.807) is 12.3 Å². The molecule has 0 aliphatic rings. The maximum absolute atomic E-state index is 12.4. The van der Waals surface area contributed by atoms with Crippen LogP contribution in [0.25, 0.3) is 10.9 Å². The molecule has 1 atom stereocenters. The number of primary amides is 1. The number of amides is 2. The van der Waals surface area contributed by atoms with Gasteiger partial charge in [-0.05, 0) is 25.0 Å². The van der Waals surface area contributed by atoms with E-state index in [9.17, 15) is 9.59 Å². The zero-order chi connectivity index (χ0) is 15.9. The molecule has 112 valence electrons. The first-order valence-corrected chi connectivity index (χ1v) is 7.01. The number of rotatable bonds is 6. The molecule has 1 aromatic heterocycles. The van der Waals surface area contributed by atoms with Crippen LogP contribution in [0.5, 0.6) is 0 Å². The molecule has 1 aromatic carbocycles. The number of nitrogens with zero attached hydrogens (tertiary/aromatic N) is 1. The molecule has 0 saturated carbocycles. The fourth-order valence-corrected chi connectivity index (χ4v) is 2.22. The quantitative estimate of drug-likeness (QED) is 0.627. The maximum Gasteiger partial charge on any atom is 0.252 e. The molecule has 5 nitrogen and oxygen atoms in total. The number of aromatic nitrogens is 1. The van der Waals surface area contributed by atoms with Crippen molar-refractivity contribution in [3.8, 4) is 12.3 Å². The SMILES string of the molecule is C#CCCC[C@@H](NC(=O)c1ccnc2ccccc12)C(N)=O. The molecule has 0 bridgehead atoms. The molecule has 2 amide bonds. The summed E-state index contributed by atoms with van der Waals surface area (Å²) in [6, 6.07) is 8.21. The van der Waals surface area contributed by atoms with Crippen LogP contribution in [0.1, 0.15) is 29.6 Å². The predicted octanol–water partition coefficient (Wildman–Crippen LogP) is 1.62. The highest BCUT2D eigenvalue weighted by Crippen LogP contribution is 2.16. The van der Waals surface area contributed by atoms with Gasteiger partial charge in [0.05, 0.1) is 11.1 Å². The average Bonchev–Trinajstić information content (AvgIpc) is 2.53. The molecule has 5 heteroatoms. The number of terminal acetylenes is 1. The van der Waals surface area contributed by atoms with Gasteiger partial charge in [-0.15, -0.1) is 12.3 Å². The van der Waals surface area contributed by atoms with E-state index >= 15 is 0 Å². The lowest BCUT2D eigenvalue weighted by atomic mass is 10.1. The zero-order valence-electron chi connectivity index (χ0n) is 12.1. The minimum Gasteiger partial charge on any atom is -0.368 e. The molecule has 0 fully saturated rings. The summed E-state index contributed by atoms with van der Waals surface area (Å²) in [5, 5.41) is 3.40. The summed E-state index contributed by atoms with van der Waals surface area (Å²) in [6.07, 6.45) is 8.34. The van der Waals surface area contributed by atoms with Crippen LogP contribution in [0.15, 0.2) is 36.5 Å². The summed E-state index contributed by atoms with van der Waals surface area (Å²) in [6.45, 7) is 0. The Hall–Kier alpha value is -2.87. The van der Waals surface area contributed by atoms with Gasteiger partial charge in [-0.25, -0.2) is 0 Å². The van der Waals surface area contributed by atoms with Crippen molar-refractivity contribution in [3.63, 3.8) is 0 Å². The molecule has 0 unspecified atom stereocenters. The van der Waals surface area contributed by atoms with Crippen molar-refractivity contribution in [3.05, 3.63) is 42.1 Å². The average molecular weight is 295 g/mol. The van der Waals surface area contributed by atoms with Gasteiger partial charge in [-0.3, -0.25) is 14.6 Å². The zero-order valence-corrected chi connectivity index (χ0v) is 12.1. The molecule has 22 heavy (non-hydrogen) atoms. The van der Waals surface area contributed by atoms with Gasteiger partial charge in [0.15, 0.2) is 0 Å². The maximum atomic E-state index is 12.4. The van der Waals surface area contributed by atoms with E-state index in [1.165, 1.54) is 0 Å². The van der Waals surface area contributed by atoms with E-state index in [1.807, 2.05) is 24.3 Å². The first-order valence-electron chi connectivity index (χ1n) is 7.01. The smallest absolute Gasteiger partial charge is 0.252 e. The molecular weight excluding hydrogens is 278 g/mol. The van der Waals surface area contributed by atoms with E-state index in [2.05, 4.69) is 16.2 Å². The Bertz CT molecular complexity index is 729. The van der Waals surface area contributed by atoms with Crippen molar-refractivity contribution in [1.29, 1.82) is 0 Å². The third kappa shape index (κ3) is 3.61. The fourth-order valence-electron chi connectivity index (χ4n) is 2.22. The number of nitrogens with two attached hydrogens (primary N) is 1. The Morgan fingerprint density at radius 2 is 2.09 bits per heavy atom. The van der Waals surface area contributed by atoms with Gasteiger partial charge in [-0.1, -0.05) is 18.2 Å². The van der Waals surface area contributed by atoms with E-state index < -0.39 is 11.9 Å². The Balaban J connectivity index is 2.19. The van der Waals surface area contributed by atoms with Gasteiger partial charge in [0.25, 0.3) is 5.91 Å². The van der Waals surface area contributed by atoms with Gasteiger partial charge >= 0.3 is 0 Å². The molecule has 3 N–H and O–H groups in total. The van der Waals surface area contributed by atoms with Crippen molar-refractivity contribution in [2.24, 2.45) is 5.73 Å². The Morgan fingerprint density at radius 3 is 2.82 bits per heavy atom. The van der Waals surface area contributed by atoms with Crippen LogP contribution >= 0.6 is 0 Å². The monoisotopic (exact) mass is 295 g/mol. The standard InChI is InChI=1S/C17H17N3O2/c1-2-3-4-9-15(16(18)21)20-17(22)13-10-11-19-14-8-6-5-7-12(13)14/h1,5-8,10-11,15H,3-4,9H2,(H2,18,21)(H,20,22)/t15-/m1/s1. The fraction of sp³-hybridized carbons (Fsp3) is 0.235. The van der Waals surface area contributed by atoms with Crippen molar-refractivity contribution < 1.29 is 9.59 Å². The van der Waals surface area contributed by atoms with E-state index in [4.69, 9.17) is 12.2 Å². The summed E-state index contributed by atoms with van der Waals surface area (Å²) in [5.74, 6) is 1.59. The van der Waals surface area contributed by atoms with Crippen molar-refractivity contribution in [1.82, 2.24) is 10.3 Å². The van der Waals surface area contributed by atoms with Crippen molar-refractivity contribution >= 4 is 22.7 Å². The van der Waals surface area contributed by atoms with E-state index in [-0.39, 0.29) is 5.91 Å². The highest BCUT2D eigenvalue weighted by atomic mass is 16.2. The molecular formula is C17H17N3O2. The summed E-state index contributed by atoms with van der Waals surface area (Å²) in [7, 11) is 0. The molecule has 0 aliphatic heterocycles. The molecule has 0 spiro atoms. The second-order valence-electron chi connectivity index (χ2n) is 4.90. The van der Waals surface area contributed by atoms with Gasteiger partial charge in [0.1, 0.15) is 6.04 Å². The lowest BCUT2D eigenvalue weighted by Gasteiger charge is -2.15. The number of pyridine rings is 1. The highest BCUT2D eigenvalue weighted by molar-refractivity contribution is 6.07. The highest BCUT2D eigenvalue weighted by Gasteiger charge is 2.19. The molecule has 0 aliphatic carbocycles. The summed E-state index contributed by atoms with van der Waals surface area (Å²) in [4.78, 5) is 28.1.